The topological polar surface area (TPSA) is 39.2 Å². The molecule has 1 heterocycles. The van der Waals surface area contributed by atoms with Crippen LogP contribution in [0.25, 0.3) is 5.57 Å². The average molecular weight is 253 g/mol. The van der Waals surface area contributed by atoms with Crippen molar-refractivity contribution < 1.29 is 9.53 Å². The maximum absolute atomic E-state index is 11.7. The number of hydrogen-bond donors (Lipinski definition) is 0. The van der Waals surface area contributed by atoms with E-state index in [0.29, 0.717) is 6.61 Å². The summed E-state index contributed by atoms with van der Waals surface area (Å²) in [5.74, 6) is -0.335. The Morgan fingerprint density at radius 1 is 1.11 bits per heavy atom. The molecular formula is C16H15NO2. The van der Waals surface area contributed by atoms with Crippen molar-refractivity contribution in [1.29, 1.82) is 0 Å². The third-order valence-corrected chi connectivity index (χ3v) is 2.62. The van der Waals surface area contributed by atoms with Crippen molar-refractivity contribution in [3.05, 3.63) is 72.1 Å². The Morgan fingerprint density at radius 2 is 1.74 bits per heavy atom. The molecular weight excluding hydrogens is 238 g/mol. The van der Waals surface area contributed by atoms with Gasteiger partial charge in [-0.15, -0.1) is 0 Å². The van der Waals surface area contributed by atoms with Gasteiger partial charge in [-0.1, -0.05) is 30.3 Å². The molecule has 0 bridgehead atoms. The fourth-order valence-corrected chi connectivity index (χ4v) is 1.78. The van der Waals surface area contributed by atoms with E-state index in [2.05, 4.69) is 4.98 Å². The van der Waals surface area contributed by atoms with Crippen LogP contribution in [0.3, 0.4) is 0 Å². The van der Waals surface area contributed by atoms with Gasteiger partial charge in [-0.25, -0.2) is 4.79 Å². The highest BCUT2D eigenvalue weighted by atomic mass is 16.5. The molecule has 2 aromatic rings. The second kappa shape index (κ2) is 6.50. The highest BCUT2D eigenvalue weighted by Gasteiger charge is 2.07. The average Bonchev–Trinajstić information content (AvgIpc) is 2.47. The van der Waals surface area contributed by atoms with Gasteiger partial charge in [-0.3, -0.25) is 4.98 Å². The first-order valence-electron chi connectivity index (χ1n) is 6.15. The Bertz CT molecular complexity index is 520. The van der Waals surface area contributed by atoms with Gasteiger partial charge < -0.3 is 4.74 Å². The van der Waals surface area contributed by atoms with Gasteiger partial charge in [0.1, 0.15) is 0 Å². The van der Waals surface area contributed by atoms with Crippen LogP contribution in [0, 0.1) is 0 Å². The minimum atomic E-state index is -0.335. The molecule has 19 heavy (non-hydrogen) atoms. The maximum atomic E-state index is 11.7. The van der Waals surface area contributed by atoms with Crippen molar-refractivity contribution in [1.82, 2.24) is 4.98 Å². The zero-order chi connectivity index (χ0) is 13.5. The lowest BCUT2D eigenvalue weighted by Crippen LogP contribution is -2.01. The monoisotopic (exact) mass is 253 g/mol. The van der Waals surface area contributed by atoms with E-state index in [1.54, 1.807) is 19.3 Å². The number of carbonyl (C=O) groups is 1. The molecule has 0 atom stereocenters. The van der Waals surface area contributed by atoms with E-state index < -0.39 is 0 Å². The smallest absolute Gasteiger partial charge is 0.331 e. The van der Waals surface area contributed by atoms with Crippen molar-refractivity contribution in [3.63, 3.8) is 0 Å². The first kappa shape index (κ1) is 13.0. The number of pyridine rings is 1. The Labute approximate surface area is 112 Å². The van der Waals surface area contributed by atoms with Crippen LogP contribution in [0.15, 0.2) is 60.9 Å². The molecule has 0 unspecified atom stereocenters. The maximum Gasteiger partial charge on any atom is 0.331 e. The van der Waals surface area contributed by atoms with Crippen molar-refractivity contribution in [2.45, 2.75) is 6.92 Å². The minimum absolute atomic E-state index is 0.335. The van der Waals surface area contributed by atoms with E-state index in [1.165, 1.54) is 6.08 Å². The van der Waals surface area contributed by atoms with Gasteiger partial charge >= 0.3 is 5.97 Å². The summed E-state index contributed by atoms with van der Waals surface area (Å²) in [5, 5.41) is 0. The van der Waals surface area contributed by atoms with Gasteiger partial charge in [-0.2, -0.15) is 0 Å². The molecule has 1 aromatic heterocycles. The second-order valence-electron chi connectivity index (χ2n) is 3.91. The molecule has 0 saturated carbocycles. The number of carbonyl (C=O) groups excluding carboxylic acids is 1. The first-order valence-corrected chi connectivity index (χ1v) is 6.15. The molecule has 0 saturated heterocycles. The van der Waals surface area contributed by atoms with E-state index in [0.717, 1.165) is 16.7 Å². The van der Waals surface area contributed by atoms with Crippen LogP contribution < -0.4 is 0 Å². The minimum Gasteiger partial charge on any atom is -0.463 e. The van der Waals surface area contributed by atoms with Crippen LogP contribution in [0.1, 0.15) is 18.1 Å². The molecule has 0 aliphatic carbocycles. The summed E-state index contributed by atoms with van der Waals surface area (Å²) in [6.07, 6.45) is 4.93. The van der Waals surface area contributed by atoms with Gasteiger partial charge in [-0.05, 0) is 35.8 Å². The summed E-state index contributed by atoms with van der Waals surface area (Å²) < 4.78 is 4.98. The van der Waals surface area contributed by atoms with Gasteiger partial charge in [0.15, 0.2) is 0 Å². The molecule has 0 fully saturated rings. The Balaban J connectivity index is 2.43. The van der Waals surface area contributed by atoms with E-state index in [-0.39, 0.29) is 5.97 Å². The van der Waals surface area contributed by atoms with Crippen molar-refractivity contribution in [2.75, 3.05) is 6.61 Å². The number of esters is 1. The predicted octanol–water partition coefficient (Wildman–Crippen LogP) is 3.08. The number of ether oxygens (including phenoxy) is 1. The highest BCUT2D eigenvalue weighted by molar-refractivity contribution is 5.96. The summed E-state index contributed by atoms with van der Waals surface area (Å²) in [4.78, 5) is 15.7. The Morgan fingerprint density at radius 3 is 2.37 bits per heavy atom. The van der Waals surface area contributed by atoms with E-state index in [1.807, 2.05) is 42.5 Å². The lowest BCUT2D eigenvalue weighted by Gasteiger charge is -2.08. The number of hydrogen-bond acceptors (Lipinski definition) is 3. The highest BCUT2D eigenvalue weighted by Crippen LogP contribution is 2.22. The lowest BCUT2D eigenvalue weighted by atomic mass is 9.98. The molecule has 2 rings (SSSR count). The first-order chi connectivity index (χ1) is 9.31. The van der Waals surface area contributed by atoms with Crippen LogP contribution in [0.5, 0.6) is 0 Å². The third-order valence-electron chi connectivity index (χ3n) is 2.62. The molecule has 0 aliphatic heterocycles. The van der Waals surface area contributed by atoms with Crippen molar-refractivity contribution in [2.24, 2.45) is 0 Å². The normalized spacial score (nSPS) is 11.1. The molecule has 96 valence electrons. The number of benzene rings is 1. The van der Waals surface area contributed by atoms with E-state index in [9.17, 15) is 4.79 Å². The summed E-state index contributed by atoms with van der Waals surface area (Å²) >= 11 is 0. The van der Waals surface area contributed by atoms with Gasteiger partial charge in [0.2, 0.25) is 0 Å². The molecule has 3 heteroatoms. The summed E-state index contributed by atoms with van der Waals surface area (Å²) in [7, 11) is 0. The lowest BCUT2D eigenvalue weighted by molar-refractivity contribution is -0.137. The summed E-state index contributed by atoms with van der Waals surface area (Å²) in [5.41, 5.74) is 2.75. The second-order valence-corrected chi connectivity index (χ2v) is 3.91. The van der Waals surface area contributed by atoms with Gasteiger partial charge in [0.25, 0.3) is 0 Å². The fraction of sp³-hybridized carbons (Fsp3) is 0.125. The standard InChI is InChI=1S/C16H15NO2/c1-2-19-16(18)12-15(13-6-4-3-5-7-13)14-8-10-17-11-9-14/h3-12H,2H2,1H3/b15-12-. The zero-order valence-corrected chi connectivity index (χ0v) is 10.7. The molecule has 0 amide bonds. The zero-order valence-electron chi connectivity index (χ0n) is 10.7. The third kappa shape index (κ3) is 3.52. The molecule has 0 spiro atoms. The summed E-state index contributed by atoms with van der Waals surface area (Å²) in [6, 6.07) is 13.5. The van der Waals surface area contributed by atoms with Gasteiger partial charge in [0.05, 0.1) is 6.61 Å². The van der Waals surface area contributed by atoms with Crippen LogP contribution in [0.4, 0.5) is 0 Å². The number of aromatic nitrogens is 1. The number of nitrogens with zero attached hydrogens (tertiary/aromatic N) is 1. The van der Waals surface area contributed by atoms with Crippen LogP contribution >= 0.6 is 0 Å². The van der Waals surface area contributed by atoms with Crippen molar-refractivity contribution >= 4 is 11.5 Å². The van der Waals surface area contributed by atoms with Crippen molar-refractivity contribution in [3.8, 4) is 0 Å². The quantitative estimate of drug-likeness (QED) is 0.621. The predicted molar refractivity (Wildman–Crippen MR) is 74.4 cm³/mol. The molecule has 3 nitrogen and oxygen atoms in total. The van der Waals surface area contributed by atoms with Crippen LogP contribution in [-0.2, 0) is 9.53 Å². The molecule has 0 N–H and O–H groups in total. The van der Waals surface area contributed by atoms with E-state index >= 15 is 0 Å². The Hall–Kier alpha value is -2.42. The molecule has 0 aliphatic rings. The van der Waals surface area contributed by atoms with Gasteiger partial charge in [0, 0.05) is 18.5 Å². The van der Waals surface area contributed by atoms with Crippen LogP contribution in [-0.4, -0.2) is 17.6 Å². The molecule has 0 radical (unpaired) electrons. The fourth-order valence-electron chi connectivity index (χ4n) is 1.78. The molecule has 1 aromatic carbocycles. The van der Waals surface area contributed by atoms with E-state index in [4.69, 9.17) is 4.74 Å². The van der Waals surface area contributed by atoms with Crippen LogP contribution in [0.2, 0.25) is 0 Å². The summed E-state index contributed by atoms with van der Waals surface area (Å²) in [6.45, 7) is 2.16. The SMILES string of the molecule is CCOC(=O)/C=C(/c1ccccc1)c1ccncc1. The largest absolute Gasteiger partial charge is 0.463 e. The Kier molecular flexibility index (Phi) is 4.45. The number of rotatable bonds is 4.